The highest BCUT2D eigenvalue weighted by Crippen LogP contribution is 2.35. The van der Waals surface area contributed by atoms with Crippen LogP contribution in [0.1, 0.15) is 44.3 Å². The van der Waals surface area contributed by atoms with Crippen LogP contribution in [-0.2, 0) is 0 Å². The Hall–Kier alpha value is -1.55. The lowest BCUT2D eigenvalue weighted by molar-refractivity contribution is 0.329. The standard InChI is InChI=1S/C15H18ClN3O/c1-9-2-4-10(5-3-9)14-18-15(20-19-14)12-7-6-11(17)8-13(12)16/h6-10H,2-5,17H2,1H3. The number of hydrogen-bond donors (Lipinski definition) is 1. The highest BCUT2D eigenvalue weighted by atomic mass is 35.5. The number of benzene rings is 1. The summed E-state index contributed by atoms with van der Waals surface area (Å²) in [6.45, 7) is 2.30. The second-order valence-electron chi connectivity index (χ2n) is 5.65. The first kappa shape index (κ1) is 13.4. The van der Waals surface area contributed by atoms with Gasteiger partial charge in [-0.15, -0.1) is 0 Å². The molecule has 0 amide bonds. The minimum atomic E-state index is 0.413. The average Bonchev–Trinajstić information content (AvgIpc) is 2.89. The molecule has 2 N–H and O–H groups in total. The van der Waals surface area contributed by atoms with Crippen LogP contribution in [0, 0.1) is 5.92 Å². The monoisotopic (exact) mass is 291 g/mol. The number of aromatic nitrogens is 2. The number of hydrogen-bond acceptors (Lipinski definition) is 4. The van der Waals surface area contributed by atoms with Gasteiger partial charge < -0.3 is 10.3 Å². The summed E-state index contributed by atoms with van der Waals surface area (Å²) in [4.78, 5) is 4.52. The molecule has 1 aliphatic rings. The molecule has 1 fully saturated rings. The molecule has 0 radical (unpaired) electrons. The molecule has 1 saturated carbocycles. The van der Waals surface area contributed by atoms with Gasteiger partial charge in [-0.25, -0.2) is 0 Å². The molecule has 0 saturated heterocycles. The summed E-state index contributed by atoms with van der Waals surface area (Å²) in [6.07, 6.45) is 4.74. The Kier molecular flexibility index (Phi) is 3.66. The molecule has 1 aromatic heterocycles. The second kappa shape index (κ2) is 5.44. The summed E-state index contributed by atoms with van der Waals surface area (Å²) < 4.78 is 5.37. The van der Waals surface area contributed by atoms with Gasteiger partial charge in [-0.1, -0.05) is 36.5 Å². The van der Waals surface area contributed by atoms with Gasteiger partial charge in [0.2, 0.25) is 0 Å². The molecule has 0 spiro atoms. The van der Waals surface area contributed by atoms with Gasteiger partial charge in [-0.3, -0.25) is 0 Å². The van der Waals surface area contributed by atoms with Gasteiger partial charge in [0.05, 0.1) is 10.6 Å². The van der Waals surface area contributed by atoms with E-state index in [1.54, 1.807) is 12.1 Å². The Morgan fingerprint density at radius 3 is 2.70 bits per heavy atom. The smallest absolute Gasteiger partial charge is 0.259 e. The number of nitrogen functional groups attached to an aromatic ring is 1. The fourth-order valence-electron chi connectivity index (χ4n) is 2.73. The molecule has 0 atom stereocenters. The molecule has 0 bridgehead atoms. The Morgan fingerprint density at radius 2 is 2.00 bits per heavy atom. The fourth-order valence-corrected chi connectivity index (χ4v) is 3.00. The number of halogens is 1. The lowest BCUT2D eigenvalue weighted by Crippen LogP contribution is -2.11. The van der Waals surface area contributed by atoms with E-state index >= 15 is 0 Å². The summed E-state index contributed by atoms with van der Waals surface area (Å²) >= 11 is 6.17. The number of nitrogens with zero attached hydrogens (tertiary/aromatic N) is 2. The van der Waals surface area contributed by atoms with Gasteiger partial charge >= 0.3 is 0 Å². The lowest BCUT2D eigenvalue weighted by atomic mass is 9.83. The second-order valence-corrected chi connectivity index (χ2v) is 6.06. The maximum Gasteiger partial charge on any atom is 0.259 e. The zero-order chi connectivity index (χ0) is 14.1. The van der Waals surface area contributed by atoms with Gasteiger partial charge in [0.15, 0.2) is 5.82 Å². The fraction of sp³-hybridized carbons (Fsp3) is 0.467. The maximum atomic E-state index is 6.17. The minimum Gasteiger partial charge on any atom is -0.399 e. The Balaban J connectivity index is 1.83. The van der Waals surface area contributed by atoms with E-state index < -0.39 is 0 Å². The zero-order valence-electron chi connectivity index (χ0n) is 11.5. The van der Waals surface area contributed by atoms with Crippen LogP contribution < -0.4 is 5.73 Å². The predicted octanol–water partition coefficient (Wildman–Crippen LogP) is 4.27. The van der Waals surface area contributed by atoms with Crippen molar-refractivity contribution in [1.82, 2.24) is 10.1 Å². The number of rotatable bonds is 2. The molecule has 1 aromatic carbocycles. The van der Waals surface area contributed by atoms with Crippen molar-refractivity contribution < 1.29 is 4.52 Å². The van der Waals surface area contributed by atoms with E-state index in [0.717, 1.165) is 30.1 Å². The molecule has 1 aliphatic carbocycles. The van der Waals surface area contributed by atoms with E-state index in [0.29, 0.717) is 22.5 Å². The summed E-state index contributed by atoms with van der Waals surface area (Å²) in [5.41, 5.74) is 7.05. The van der Waals surface area contributed by atoms with Gasteiger partial charge in [-0.05, 0) is 37.0 Å². The quantitative estimate of drug-likeness (QED) is 0.839. The predicted molar refractivity (Wildman–Crippen MR) is 79.5 cm³/mol. The van der Waals surface area contributed by atoms with Crippen LogP contribution in [0.15, 0.2) is 22.7 Å². The summed E-state index contributed by atoms with van der Waals surface area (Å²) in [5.74, 6) is 2.50. The van der Waals surface area contributed by atoms with Crippen molar-refractivity contribution in [2.45, 2.75) is 38.5 Å². The molecule has 1 heterocycles. The normalized spacial score (nSPS) is 22.9. The van der Waals surface area contributed by atoms with Crippen LogP contribution in [-0.4, -0.2) is 10.1 Å². The third kappa shape index (κ3) is 2.66. The van der Waals surface area contributed by atoms with Crippen LogP contribution in [0.25, 0.3) is 11.5 Å². The minimum absolute atomic E-state index is 0.413. The van der Waals surface area contributed by atoms with Crippen molar-refractivity contribution in [1.29, 1.82) is 0 Å². The molecule has 2 aromatic rings. The number of anilines is 1. The van der Waals surface area contributed by atoms with Crippen LogP contribution in [0.5, 0.6) is 0 Å². The van der Waals surface area contributed by atoms with E-state index in [9.17, 15) is 0 Å². The van der Waals surface area contributed by atoms with E-state index in [1.165, 1.54) is 12.8 Å². The van der Waals surface area contributed by atoms with Crippen molar-refractivity contribution >= 4 is 17.3 Å². The van der Waals surface area contributed by atoms with Crippen molar-refractivity contribution in [2.24, 2.45) is 5.92 Å². The topological polar surface area (TPSA) is 64.9 Å². The summed E-state index contributed by atoms with van der Waals surface area (Å²) in [6, 6.07) is 5.30. The van der Waals surface area contributed by atoms with Crippen molar-refractivity contribution in [3.63, 3.8) is 0 Å². The highest BCUT2D eigenvalue weighted by molar-refractivity contribution is 6.33. The van der Waals surface area contributed by atoms with Crippen LogP contribution in [0.3, 0.4) is 0 Å². The van der Waals surface area contributed by atoms with E-state index in [-0.39, 0.29) is 0 Å². The maximum absolute atomic E-state index is 6.17. The molecular weight excluding hydrogens is 274 g/mol. The first-order valence-corrected chi connectivity index (χ1v) is 7.40. The first-order chi connectivity index (χ1) is 9.63. The summed E-state index contributed by atoms with van der Waals surface area (Å²) in [5, 5.41) is 4.67. The Labute approximate surface area is 123 Å². The molecular formula is C15H18ClN3O. The summed E-state index contributed by atoms with van der Waals surface area (Å²) in [7, 11) is 0. The third-order valence-corrected chi connectivity index (χ3v) is 4.36. The first-order valence-electron chi connectivity index (χ1n) is 7.02. The van der Waals surface area contributed by atoms with Gasteiger partial charge in [0.25, 0.3) is 5.89 Å². The van der Waals surface area contributed by atoms with Gasteiger partial charge in [0, 0.05) is 11.6 Å². The van der Waals surface area contributed by atoms with Crippen molar-refractivity contribution in [2.75, 3.05) is 5.73 Å². The van der Waals surface area contributed by atoms with Crippen LogP contribution in [0.2, 0.25) is 5.02 Å². The third-order valence-electron chi connectivity index (χ3n) is 4.05. The van der Waals surface area contributed by atoms with Gasteiger partial charge in [0.1, 0.15) is 0 Å². The SMILES string of the molecule is CC1CCC(c2noc(-c3ccc(N)cc3Cl)n2)CC1. The highest BCUT2D eigenvalue weighted by Gasteiger charge is 2.24. The van der Waals surface area contributed by atoms with Crippen molar-refractivity contribution in [3.8, 4) is 11.5 Å². The Morgan fingerprint density at radius 1 is 1.25 bits per heavy atom. The largest absolute Gasteiger partial charge is 0.399 e. The average molecular weight is 292 g/mol. The molecule has 5 heteroatoms. The van der Waals surface area contributed by atoms with Crippen LogP contribution >= 0.6 is 11.6 Å². The molecule has 4 nitrogen and oxygen atoms in total. The lowest BCUT2D eigenvalue weighted by Gasteiger charge is -2.23. The molecule has 20 heavy (non-hydrogen) atoms. The van der Waals surface area contributed by atoms with E-state index in [1.807, 2.05) is 6.07 Å². The molecule has 0 aliphatic heterocycles. The molecule has 106 valence electrons. The molecule has 3 rings (SSSR count). The van der Waals surface area contributed by atoms with Crippen LogP contribution in [0.4, 0.5) is 5.69 Å². The van der Waals surface area contributed by atoms with E-state index in [4.69, 9.17) is 21.9 Å². The van der Waals surface area contributed by atoms with Gasteiger partial charge in [-0.2, -0.15) is 4.98 Å². The zero-order valence-corrected chi connectivity index (χ0v) is 12.2. The van der Waals surface area contributed by atoms with E-state index in [2.05, 4.69) is 17.1 Å². The number of nitrogens with two attached hydrogens (primary N) is 1. The van der Waals surface area contributed by atoms with Crippen molar-refractivity contribution in [3.05, 3.63) is 29.0 Å². The molecule has 0 unspecified atom stereocenters. The Bertz CT molecular complexity index is 603.